The molecule has 4 heteroatoms. The quantitative estimate of drug-likeness (QED) is 0.753. The Morgan fingerprint density at radius 2 is 1.82 bits per heavy atom. The molecule has 0 aliphatic rings. The lowest BCUT2D eigenvalue weighted by atomic mass is 10.2. The minimum Gasteiger partial charge on any atom is -0.491 e. The third-order valence-electron chi connectivity index (χ3n) is 2.22. The Hall–Kier alpha value is -1.10. The highest BCUT2D eigenvalue weighted by Gasteiger charge is 2.06. The highest BCUT2D eigenvalue weighted by molar-refractivity contribution is 5.27. The summed E-state index contributed by atoms with van der Waals surface area (Å²) in [5.74, 6) is 0.728. The van der Waals surface area contributed by atoms with Gasteiger partial charge in [0.2, 0.25) is 0 Å². The van der Waals surface area contributed by atoms with Crippen LogP contribution in [0, 0.1) is 0 Å². The number of aliphatic hydroxyl groups is 1. The molecule has 0 heterocycles. The van der Waals surface area contributed by atoms with Crippen LogP contribution >= 0.6 is 0 Å². The first kappa shape index (κ1) is 14.0. The number of hydrogen-bond acceptors (Lipinski definition) is 4. The maximum Gasteiger partial charge on any atom is 0.119 e. The van der Waals surface area contributed by atoms with E-state index in [2.05, 4.69) is 0 Å². The third-order valence-corrected chi connectivity index (χ3v) is 2.22. The molecule has 1 atom stereocenters. The van der Waals surface area contributed by atoms with Crippen molar-refractivity contribution < 1.29 is 14.6 Å². The molecule has 0 radical (unpaired) electrons. The number of ether oxygens (including phenoxy) is 2. The van der Waals surface area contributed by atoms with Crippen LogP contribution in [0.2, 0.25) is 0 Å². The van der Waals surface area contributed by atoms with Crippen LogP contribution < -0.4 is 10.5 Å². The van der Waals surface area contributed by atoms with Gasteiger partial charge in [-0.2, -0.15) is 0 Å². The summed E-state index contributed by atoms with van der Waals surface area (Å²) in [7, 11) is 0. The molecule has 0 aliphatic carbocycles. The van der Waals surface area contributed by atoms with Crippen molar-refractivity contribution in [3.8, 4) is 5.75 Å². The van der Waals surface area contributed by atoms with Gasteiger partial charge in [0.15, 0.2) is 0 Å². The zero-order chi connectivity index (χ0) is 12.7. The van der Waals surface area contributed by atoms with Gasteiger partial charge in [0.05, 0.1) is 12.7 Å². The lowest BCUT2D eigenvalue weighted by Gasteiger charge is -2.14. The average molecular weight is 239 g/mol. The Labute approximate surface area is 102 Å². The minimum absolute atomic E-state index is 0.119. The SMILES string of the molecule is CC(C)OCC(O)COc1ccc(CN)cc1. The van der Waals surface area contributed by atoms with Gasteiger partial charge in [-0.1, -0.05) is 12.1 Å². The molecule has 3 N–H and O–H groups in total. The Morgan fingerprint density at radius 1 is 1.18 bits per heavy atom. The molecule has 1 rings (SSSR count). The lowest BCUT2D eigenvalue weighted by molar-refractivity contribution is -0.0122. The summed E-state index contributed by atoms with van der Waals surface area (Å²) < 4.78 is 10.7. The summed E-state index contributed by atoms with van der Waals surface area (Å²) >= 11 is 0. The van der Waals surface area contributed by atoms with Gasteiger partial charge < -0.3 is 20.3 Å². The van der Waals surface area contributed by atoms with Crippen molar-refractivity contribution in [2.75, 3.05) is 13.2 Å². The summed E-state index contributed by atoms with van der Waals surface area (Å²) in [6, 6.07) is 7.51. The van der Waals surface area contributed by atoms with E-state index in [1.807, 2.05) is 38.1 Å². The van der Waals surface area contributed by atoms with E-state index in [4.69, 9.17) is 15.2 Å². The summed E-state index contributed by atoms with van der Waals surface area (Å²) in [4.78, 5) is 0. The summed E-state index contributed by atoms with van der Waals surface area (Å²) in [5.41, 5.74) is 6.55. The maximum atomic E-state index is 9.59. The standard InChI is InChI=1S/C13H21NO3/c1-10(2)16-8-12(15)9-17-13-5-3-11(7-14)4-6-13/h3-6,10,12,15H,7-9,14H2,1-2H3. The average Bonchev–Trinajstić information content (AvgIpc) is 2.34. The van der Waals surface area contributed by atoms with Crippen LogP contribution in [0.4, 0.5) is 0 Å². The smallest absolute Gasteiger partial charge is 0.119 e. The van der Waals surface area contributed by atoms with Gasteiger partial charge in [0, 0.05) is 6.54 Å². The number of benzene rings is 1. The van der Waals surface area contributed by atoms with Crippen molar-refractivity contribution in [2.24, 2.45) is 5.73 Å². The van der Waals surface area contributed by atoms with Crippen molar-refractivity contribution in [2.45, 2.75) is 32.6 Å². The van der Waals surface area contributed by atoms with Crippen LogP contribution in [-0.4, -0.2) is 30.5 Å². The predicted octanol–water partition coefficient (Wildman–Crippen LogP) is 1.31. The lowest BCUT2D eigenvalue weighted by Crippen LogP contribution is -2.25. The van der Waals surface area contributed by atoms with E-state index in [0.717, 1.165) is 11.3 Å². The van der Waals surface area contributed by atoms with Gasteiger partial charge in [0.25, 0.3) is 0 Å². The van der Waals surface area contributed by atoms with Gasteiger partial charge in [-0.3, -0.25) is 0 Å². The first-order valence-corrected chi connectivity index (χ1v) is 5.83. The molecule has 0 saturated carbocycles. The third kappa shape index (κ3) is 5.68. The summed E-state index contributed by atoms with van der Waals surface area (Å²) in [5, 5.41) is 9.59. The molecule has 0 fully saturated rings. The number of rotatable bonds is 7. The second-order valence-electron chi connectivity index (χ2n) is 4.19. The van der Waals surface area contributed by atoms with Crippen molar-refractivity contribution in [3.63, 3.8) is 0 Å². The molecular formula is C13H21NO3. The fourth-order valence-electron chi connectivity index (χ4n) is 1.27. The molecule has 0 amide bonds. The van der Waals surface area contributed by atoms with E-state index in [0.29, 0.717) is 13.2 Å². The molecule has 0 aliphatic heterocycles. The monoisotopic (exact) mass is 239 g/mol. The van der Waals surface area contributed by atoms with Crippen molar-refractivity contribution in [1.29, 1.82) is 0 Å². The van der Waals surface area contributed by atoms with E-state index in [9.17, 15) is 5.11 Å². The molecule has 96 valence electrons. The van der Waals surface area contributed by atoms with Crippen molar-refractivity contribution in [1.82, 2.24) is 0 Å². The Bertz CT molecular complexity index is 311. The molecule has 1 aromatic rings. The summed E-state index contributed by atoms with van der Waals surface area (Å²) in [6.07, 6.45) is -0.486. The van der Waals surface area contributed by atoms with Gasteiger partial charge in [-0.05, 0) is 31.5 Å². The molecule has 17 heavy (non-hydrogen) atoms. The van der Waals surface area contributed by atoms with Gasteiger partial charge >= 0.3 is 0 Å². The second kappa shape index (κ2) is 7.27. The number of nitrogens with two attached hydrogens (primary N) is 1. The molecule has 4 nitrogen and oxygen atoms in total. The summed E-state index contributed by atoms with van der Waals surface area (Å²) in [6.45, 7) is 4.90. The van der Waals surface area contributed by atoms with Gasteiger partial charge in [-0.15, -0.1) is 0 Å². The van der Waals surface area contributed by atoms with Crippen LogP contribution in [0.3, 0.4) is 0 Å². The fraction of sp³-hybridized carbons (Fsp3) is 0.538. The molecule has 1 aromatic carbocycles. The van der Waals surface area contributed by atoms with Gasteiger partial charge in [0.1, 0.15) is 18.5 Å². The Morgan fingerprint density at radius 3 is 2.35 bits per heavy atom. The highest BCUT2D eigenvalue weighted by atomic mass is 16.5. The predicted molar refractivity (Wildman–Crippen MR) is 66.9 cm³/mol. The van der Waals surface area contributed by atoms with Crippen LogP contribution in [0.15, 0.2) is 24.3 Å². The first-order valence-electron chi connectivity index (χ1n) is 5.83. The van der Waals surface area contributed by atoms with Crippen LogP contribution in [0.25, 0.3) is 0 Å². The van der Waals surface area contributed by atoms with Crippen LogP contribution in [-0.2, 0) is 11.3 Å². The van der Waals surface area contributed by atoms with Crippen LogP contribution in [0.5, 0.6) is 5.75 Å². The maximum absolute atomic E-state index is 9.59. The zero-order valence-corrected chi connectivity index (χ0v) is 10.4. The number of hydrogen-bond donors (Lipinski definition) is 2. The van der Waals surface area contributed by atoms with E-state index in [-0.39, 0.29) is 12.7 Å². The van der Waals surface area contributed by atoms with E-state index < -0.39 is 6.10 Å². The molecule has 0 spiro atoms. The fourth-order valence-corrected chi connectivity index (χ4v) is 1.27. The minimum atomic E-state index is -0.605. The first-order chi connectivity index (χ1) is 8.11. The highest BCUT2D eigenvalue weighted by Crippen LogP contribution is 2.12. The molecule has 0 bridgehead atoms. The van der Waals surface area contributed by atoms with Crippen molar-refractivity contribution >= 4 is 0 Å². The van der Waals surface area contributed by atoms with Crippen LogP contribution in [0.1, 0.15) is 19.4 Å². The molecular weight excluding hydrogens is 218 g/mol. The van der Waals surface area contributed by atoms with E-state index in [1.165, 1.54) is 0 Å². The second-order valence-corrected chi connectivity index (χ2v) is 4.19. The van der Waals surface area contributed by atoms with Gasteiger partial charge in [-0.25, -0.2) is 0 Å². The van der Waals surface area contributed by atoms with E-state index in [1.54, 1.807) is 0 Å². The van der Waals surface area contributed by atoms with E-state index >= 15 is 0 Å². The zero-order valence-electron chi connectivity index (χ0n) is 10.4. The molecule has 0 aromatic heterocycles. The topological polar surface area (TPSA) is 64.7 Å². The number of aliphatic hydroxyl groups excluding tert-OH is 1. The molecule has 1 unspecified atom stereocenters. The Balaban J connectivity index is 2.29. The largest absolute Gasteiger partial charge is 0.491 e. The van der Waals surface area contributed by atoms with Crippen molar-refractivity contribution in [3.05, 3.63) is 29.8 Å². The molecule has 0 saturated heterocycles. The Kier molecular flexibility index (Phi) is 5.97. The normalized spacial score (nSPS) is 12.8.